The topological polar surface area (TPSA) is 79.8 Å². The third-order valence-electron chi connectivity index (χ3n) is 3.90. The van der Waals surface area contributed by atoms with E-state index in [0.717, 1.165) is 6.42 Å². The number of anilines is 1. The molecule has 3 N–H and O–H groups in total. The van der Waals surface area contributed by atoms with E-state index in [4.69, 9.17) is 9.47 Å². The van der Waals surface area contributed by atoms with Crippen LogP contribution in [-0.4, -0.2) is 31.1 Å². The monoisotopic (exact) mass is 348 g/mol. The van der Waals surface area contributed by atoms with E-state index in [-0.39, 0.29) is 25.3 Å². The van der Waals surface area contributed by atoms with E-state index in [1.54, 1.807) is 29.5 Å². The minimum Gasteiger partial charge on any atom is -0.454 e. The molecule has 0 fully saturated rings. The predicted octanol–water partition coefficient (Wildman–Crippen LogP) is 3.15. The standard InChI is InChI=1S/C17H20N2O4S/c20-7-4-12(13-5-8-24-10-13)3-6-18-17(21)19-14-1-2-15-16(9-14)23-11-22-15/h1-2,5,8-10,12,20H,3-4,6-7,11H2,(H2,18,19,21)/t12-/m1/s1. The minimum absolute atomic E-state index is 0.143. The highest BCUT2D eigenvalue weighted by Crippen LogP contribution is 2.34. The molecular weight excluding hydrogens is 328 g/mol. The number of carbonyl (C=O) groups is 1. The number of hydrogen-bond acceptors (Lipinski definition) is 5. The molecule has 6 nitrogen and oxygen atoms in total. The fourth-order valence-corrected chi connectivity index (χ4v) is 3.39. The lowest BCUT2D eigenvalue weighted by Gasteiger charge is -2.15. The zero-order chi connectivity index (χ0) is 16.8. The number of aliphatic hydroxyl groups excluding tert-OH is 1. The van der Waals surface area contributed by atoms with Crippen LogP contribution in [0.4, 0.5) is 10.5 Å². The summed E-state index contributed by atoms with van der Waals surface area (Å²) in [4.78, 5) is 12.0. The van der Waals surface area contributed by atoms with Gasteiger partial charge < -0.3 is 25.2 Å². The molecule has 1 aromatic carbocycles. The SMILES string of the molecule is O=C(NCC[C@H](CCO)c1ccsc1)Nc1ccc2c(c1)OCO2. The number of hydrogen-bond donors (Lipinski definition) is 3. The van der Waals surface area contributed by atoms with Gasteiger partial charge in [-0.2, -0.15) is 11.3 Å². The Morgan fingerprint density at radius 1 is 1.25 bits per heavy atom. The van der Waals surface area contributed by atoms with Crippen LogP contribution >= 0.6 is 11.3 Å². The second-order valence-electron chi connectivity index (χ2n) is 5.50. The minimum atomic E-state index is -0.262. The van der Waals surface area contributed by atoms with Crippen molar-refractivity contribution in [3.8, 4) is 11.5 Å². The molecule has 1 aromatic heterocycles. The summed E-state index contributed by atoms with van der Waals surface area (Å²) >= 11 is 1.64. The molecule has 2 amide bonds. The van der Waals surface area contributed by atoms with Gasteiger partial charge in [-0.3, -0.25) is 0 Å². The van der Waals surface area contributed by atoms with Crippen LogP contribution < -0.4 is 20.1 Å². The van der Waals surface area contributed by atoms with Gasteiger partial charge in [0.05, 0.1) is 0 Å². The van der Waals surface area contributed by atoms with Gasteiger partial charge >= 0.3 is 6.03 Å². The second kappa shape index (κ2) is 8.03. The molecule has 0 radical (unpaired) electrons. The summed E-state index contributed by atoms with van der Waals surface area (Å²) in [6.45, 7) is 0.890. The highest BCUT2D eigenvalue weighted by Gasteiger charge is 2.15. The van der Waals surface area contributed by atoms with Gasteiger partial charge in [-0.1, -0.05) is 0 Å². The van der Waals surface area contributed by atoms with E-state index in [1.165, 1.54) is 5.56 Å². The van der Waals surface area contributed by atoms with Gasteiger partial charge in [-0.25, -0.2) is 4.79 Å². The van der Waals surface area contributed by atoms with Gasteiger partial charge in [-0.05, 0) is 53.3 Å². The van der Waals surface area contributed by atoms with Crippen molar-refractivity contribution >= 4 is 23.1 Å². The third kappa shape index (κ3) is 4.18. The normalized spacial score (nSPS) is 13.5. The quantitative estimate of drug-likeness (QED) is 0.718. The molecule has 0 saturated heterocycles. The average molecular weight is 348 g/mol. The molecule has 2 heterocycles. The van der Waals surface area contributed by atoms with Gasteiger partial charge in [-0.15, -0.1) is 0 Å². The van der Waals surface area contributed by atoms with Crippen molar-refractivity contribution in [2.45, 2.75) is 18.8 Å². The summed E-state index contributed by atoms with van der Waals surface area (Å²) in [6, 6.07) is 7.08. The Bertz CT molecular complexity index is 675. The Balaban J connectivity index is 1.46. The summed E-state index contributed by atoms with van der Waals surface area (Å²) in [5.41, 5.74) is 1.87. The third-order valence-corrected chi connectivity index (χ3v) is 4.60. The Morgan fingerprint density at radius 2 is 2.12 bits per heavy atom. The van der Waals surface area contributed by atoms with E-state index in [2.05, 4.69) is 22.1 Å². The van der Waals surface area contributed by atoms with E-state index < -0.39 is 0 Å². The van der Waals surface area contributed by atoms with Crippen LogP contribution in [0.25, 0.3) is 0 Å². The molecule has 0 saturated carbocycles. The first-order valence-corrected chi connectivity index (χ1v) is 8.78. The van der Waals surface area contributed by atoms with Crippen LogP contribution in [0.5, 0.6) is 11.5 Å². The number of aliphatic hydroxyl groups is 1. The molecule has 2 aromatic rings. The fraction of sp³-hybridized carbons (Fsp3) is 0.353. The van der Waals surface area contributed by atoms with Gasteiger partial charge in [0.25, 0.3) is 0 Å². The van der Waals surface area contributed by atoms with E-state index in [1.807, 2.05) is 5.38 Å². The number of rotatable bonds is 7. The molecule has 128 valence electrons. The average Bonchev–Trinajstić information content (AvgIpc) is 3.25. The van der Waals surface area contributed by atoms with E-state index in [0.29, 0.717) is 30.2 Å². The molecule has 0 aliphatic carbocycles. The van der Waals surface area contributed by atoms with Gasteiger partial charge in [0.15, 0.2) is 11.5 Å². The Kier molecular flexibility index (Phi) is 5.55. The molecule has 7 heteroatoms. The number of thiophene rings is 1. The highest BCUT2D eigenvalue weighted by molar-refractivity contribution is 7.07. The second-order valence-corrected chi connectivity index (χ2v) is 6.28. The Labute approximate surface area is 144 Å². The Morgan fingerprint density at radius 3 is 2.92 bits per heavy atom. The molecule has 24 heavy (non-hydrogen) atoms. The number of ether oxygens (including phenoxy) is 2. The van der Waals surface area contributed by atoms with E-state index in [9.17, 15) is 9.90 Å². The first-order chi connectivity index (χ1) is 11.8. The molecule has 0 unspecified atom stereocenters. The molecule has 1 aliphatic heterocycles. The van der Waals surface area contributed by atoms with E-state index >= 15 is 0 Å². The van der Waals surface area contributed by atoms with Crippen LogP contribution in [0.15, 0.2) is 35.0 Å². The molecular formula is C17H20N2O4S. The van der Waals surface area contributed by atoms with Crippen molar-refractivity contribution in [1.82, 2.24) is 5.32 Å². The number of amides is 2. The van der Waals surface area contributed by atoms with Crippen molar-refractivity contribution in [2.75, 3.05) is 25.3 Å². The molecule has 3 rings (SSSR count). The van der Waals surface area contributed by atoms with Crippen molar-refractivity contribution in [1.29, 1.82) is 0 Å². The lowest BCUT2D eigenvalue weighted by Crippen LogP contribution is -2.30. The lowest BCUT2D eigenvalue weighted by molar-refractivity contribution is 0.174. The van der Waals surface area contributed by atoms with Crippen LogP contribution in [0.2, 0.25) is 0 Å². The van der Waals surface area contributed by atoms with Crippen LogP contribution in [0.3, 0.4) is 0 Å². The van der Waals surface area contributed by atoms with Crippen molar-refractivity contribution in [3.05, 3.63) is 40.6 Å². The first kappa shape index (κ1) is 16.6. The summed E-state index contributed by atoms with van der Waals surface area (Å²) < 4.78 is 10.5. The van der Waals surface area contributed by atoms with Gasteiger partial charge in [0.2, 0.25) is 6.79 Å². The number of urea groups is 1. The molecule has 0 spiro atoms. The van der Waals surface area contributed by atoms with Crippen molar-refractivity contribution in [2.24, 2.45) is 0 Å². The smallest absolute Gasteiger partial charge is 0.319 e. The highest BCUT2D eigenvalue weighted by atomic mass is 32.1. The van der Waals surface area contributed by atoms with Crippen LogP contribution in [-0.2, 0) is 0 Å². The number of benzene rings is 1. The van der Waals surface area contributed by atoms with Gasteiger partial charge in [0.1, 0.15) is 0 Å². The number of carbonyl (C=O) groups excluding carboxylic acids is 1. The maximum atomic E-state index is 12.0. The summed E-state index contributed by atoms with van der Waals surface area (Å²) in [6.07, 6.45) is 1.48. The number of nitrogens with one attached hydrogen (secondary N) is 2. The maximum Gasteiger partial charge on any atom is 0.319 e. The van der Waals surface area contributed by atoms with Crippen LogP contribution in [0, 0.1) is 0 Å². The predicted molar refractivity (Wildman–Crippen MR) is 93.0 cm³/mol. The lowest BCUT2D eigenvalue weighted by atomic mass is 9.95. The fourth-order valence-electron chi connectivity index (χ4n) is 2.65. The maximum absolute atomic E-state index is 12.0. The molecule has 1 aliphatic rings. The largest absolute Gasteiger partial charge is 0.454 e. The Hall–Kier alpha value is -2.25. The zero-order valence-electron chi connectivity index (χ0n) is 13.2. The molecule has 1 atom stereocenters. The van der Waals surface area contributed by atoms with Crippen molar-refractivity contribution < 1.29 is 19.4 Å². The first-order valence-electron chi connectivity index (χ1n) is 7.83. The van der Waals surface area contributed by atoms with Gasteiger partial charge in [0, 0.05) is 24.9 Å². The van der Waals surface area contributed by atoms with Crippen LogP contribution in [0.1, 0.15) is 24.3 Å². The zero-order valence-corrected chi connectivity index (χ0v) is 14.0. The summed E-state index contributed by atoms with van der Waals surface area (Å²) in [5.74, 6) is 1.57. The van der Waals surface area contributed by atoms with Crippen molar-refractivity contribution in [3.63, 3.8) is 0 Å². The summed E-state index contributed by atoms with van der Waals surface area (Å²) in [5, 5.41) is 18.9. The molecule has 0 bridgehead atoms. The number of fused-ring (bicyclic) bond motifs is 1. The summed E-state index contributed by atoms with van der Waals surface area (Å²) in [7, 11) is 0.